The molecule has 0 spiro atoms. The molecule has 0 saturated carbocycles. The lowest BCUT2D eigenvalue weighted by Gasteiger charge is -2.29. The molecule has 0 fully saturated rings. The number of halogens is 1. The summed E-state index contributed by atoms with van der Waals surface area (Å²) in [5, 5.41) is 10.9. The summed E-state index contributed by atoms with van der Waals surface area (Å²) in [6, 6.07) is 5.51. The Labute approximate surface area is 121 Å². The van der Waals surface area contributed by atoms with Gasteiger partial charge in [-0.05, 0) is 41.5 Å². The van der Waals surface area contributed by atoms with E-state index in [4.69, 9.17) is 16.3 Å². The maximum atomic E-state index is 10.2. The van der Waals surface area contributed by atoms with Crippen LogP contribution in [0.3, 0.4) is 0 Å². The van der Waals surface area contributed by atoms with Gasteiger partial charge in [-0.1, -0.05) is 39.3 Å². The first kappa shape index (κ1) is 16.3. The number of aliphatic hydroxyl groups is 1. The first-order valence-corrected chi connectivity index (χ1v) is 7.12. The summed E-state index contributed by atoms with van der Waals surface area (Å²) < 4.78 is 5.30. The van der Waals surface area contributed by atoms with Crippen LogP contribution in [0.25, 0.3) is 0 Å². The predicted molar refractivity (Wildman–Crippen MR) is 81.0 cm³/mol. The van der Waals surface area contributed by atoms with Crippen LogP contribution in [0.1, 0.15) is 39.7 Å². The molecule has 1 aromatic rings. The van der Waals surface area contributed by atoms with Gasteiger partial charge in [-0.15, -0.1) is 0 Å². The fourth-order valence-corrected chi connectivity index (χ4v) is 2.20. The lowest BCUT2D eigenvalue weighted by atomic mass is 9.78. The molecule has 2 unspecified atom stereocenters. The summed E-state index contributed by atoms with van der Waals surface area (Å²) in [6.07, 6.45) is 0.977. The molecule has 2 nitrogen and oxygen atoms in total. The van der Waals surface area contributed by atoms with Crippen molar-refractivity contribution in [1.29, 1.82) is 0 Å². The quantitative estimate of drug-likeness (QED) is 0.872. The van der Waals surface area contributed by atoms with Gasteiger partial charge in [0.1, 0.15) is 5.75 Å². The van der Waals surface area contributed by atoms with Crippen molar-refractivity contribution in [2.45, 2.75) is 46.6 Å². The van der Waals surface area contributed by atoms with E-state index in [9.17, 15) is 5.11 Å². The van der Waals surface area contributed by atoms with Gasteiger partial charge in [0.25, 0.3) is 0 Å². The van der Waals surface area contributed by atoms with Crippen molar-refractivity contribution in [3.05, 3.63) is 28.8 Å². The average molecular weight is 285 g/mol. The number of benzene rings is 1. The molecule has 108 valence electrons. The molecule has 0 radical (unpaired) electrons. The van der Waals surface area contributed by atoms with E-state index in [1.165, 1.54) is 0 Å². The fourth-order valence-electron chi connectivity index (χ4n) is 2.01. The van der Waals surface area contributed by atoms with E-state index in [1.807, 2.05) is 12.1 Å². The maximum absolute atomic E-state index is 10.2. The lowest BCUT2D eigenvalue weighted by Crippen LogP contribution is -2.24. The van der Waals surface area contributed by atoms with E-state index in [1.54, 1.807) is 13.2 Å². The minimum Gasteiger partial charge on any atom is -0.496 e. The minimum atomic E-state index is -0.374. The van der Waals surface area contributed by atoms with E-state index >= 15 is 0 Å². The van der Waals surface area contributed by atoms with E-state index in [-0.39, 0.29) is 11.5 Å². The summed E-state index contributed by atoms with van der Waals surface area (Å²) in [4.78, 5) is 0. The first-order valence-electron chi connectivity index (χ1n) is 6.74. The van der Waals surface area contributed by atoms with E-state index < -0.39 is 0 Å². The zero-order valence-electron chi connectivity index (χ0n) is 12.5. The van der Waals surface area contributed by atoms with Gasteiger partial charge in [0.2, 0.25) is 0 Å². The summed E-state index contributed by atoms with van der Waals surface area (Å²) in [6.45, 7) is 8.78. The molecule has 0 aliphatic rings. The molecule has 0 heterocycles. The van der Waals surface area contributed by atoms with Crippen LogP contribution in [-0.2, 0) is 6.42 Å². The van der Waals surface area contributed by atoms with Crippen molar-refractivity contribution in [2.75, 3.05) is 7.11 Å². The van der Waals surface area contributed by atoms with Crippen molar-refractivity contribution < 1.29 is 9.84 Å². The van der Waals surface area contributed by atoms with Crippen molar-refractivity contribution in [1.82, 2.24) is 0 Å². The van der Waals surface area contributed by atoms with E-state index in [0.29, 0.717) is 17.4 Å². The highest BCUT2D eigenvalue weighted by atomic mass is 35.5. The molecule has 19 heavy (non-hydrogen) atoms. The molecule has 1 N–H and O–H groups in total. The SMILES string of the molecule is COc1ccc(Cl)cc1CC(O)CC(C)C(C)(C)C. The van der Waals surface area contributed by atoms with Gasteiger partial charge < -0.3 is 9.84 Å². The molecule has 0 aliphatic heterocycles. The molecule has 0 amide bonds. The highest BCUT2D eigenvalue weighted by Gasteiger charge is 2.23. The predicted octanol–water partition coefficient (Wildman–Crippen LogP) is 4.32. The van der Waals surface area contributed by atoms with Gasteiger partial charge >= 0.3 is 0 Å². The Morgan fingerprint density at radius 2 is 1.95 bits per heavy atom. The van der Waals surface area contributed by atoms with Gasteiger partial charge in [-0.3, -0.25) is 0 Å². The zero-order chi connectivity index (χ0) is 14.6. The summed E-state index contributed by atoms with van der Waals surface area (Å²) in [5.74, 6) is 1.24. The van der Waals surface area contributed by atoms with Gasteiger partial charge in [-0.2, -0.15) is 0 Å². The second-order valence-electron chi connectivity index (χ2n) is 6.32. The number of rotatable bonds is 5. The van der Waals surface area contributed by atoms with Gasteiger partial charge in [0.05, 0.1) is 13.2 Å². The van der Waals surface area contributed by atoms with Crippen LogP contribution in [0, 0.1) is 11.3 Å². The van der Waals surface area contributed by atoms with Crippen LogP contribution in [0.2, 0.25) is 5.02 Å². The number of hydrogen-bond donors (Lipinski definition) is 1. The van der Waals surface area contributed by atoms with Crippen molar-refractivity contribution in [2.24, 2.45) is 11.3 Å². The Kier molecular flexibility index (Phi) is 5.69. The smallest absolute Gasteiger partial charge is 0.122 e. The molecular formula is C16H25ClO2. The normalized spacial score (nSPS) is 15.1. The summed E-state index contributed by atoms with van der Waals surface area (Å²) in [7, 11) is 1.64. The Hall–Kier alpha value is -0.730. The van der Waals surface area contributed by atoms with Gasteiger partial charge in [0, 0.05) is 11.4 Å². The standard InChI is InChI=1S/C16H25ClO2/c1-11(16(2,3)4)8-14(18)10-12-9-13(17)6-7-15(12)19-5/h6-7,9,11,14,18H,8,10H2,1-5H3. The maximum Gasteiger partial charge on any atom is 0.122 e. The van der Waals surface area contributed by atoms with Crippen LogP contribution < -0.4 is 4.74 Å². The highest BCUT2D eigenvalue weighted by molar-refractivity contribution is 6.30. The Balaban J connectivity index is 2.71. The van der Waals surface area contributed by atoms with Crippen LogP contribution in [0.5, 0.6) is 5.75 Å². The van der Waals surface area contributed by atoms with E-state index in [2.05, 4.69) is 27.7 Å². The third-order valence-electron chi connectivity index (χ3n) is 3.80. The topological polar surface area (TPSA) is 29.5 Å². The van der Waals surface area contributed by atoms with Crippen LogP contribution in [0.4, 0.5) is 0 Å². The average Bonchev–Trinajstić information content (AvgIpc) is 2.27. The van der Waals surface area contributed by atoms with Crippen molar-refractivity contribution in [3.8, 4) is 5.75 Å². The number of hydrogen-bond acceptors (Lipinski definition) is 2. The Morgan fingerprint density at radius 3 is 2.47 bits per heavy atom. The van der Waals surface area contributed by atoms with Gasteiger partial charge in [-0.25, -0.2) is 0 Å². The molecule has 0 aromatic heterocycles. The molecule has 2 atom stereocenters. The van der Waals surface area contributed by atoms with Crippen molar-refractivity contribution >= 4 is 11.6 Å². The number of methoxy groups -OCH3 is 1. The van der Waals surface area contributed by atoms with Crippen molar-refractivity contribution in [3.63, 3.8) is 0 Å². The molecule has 0 aliphatic carbocycles. The van der Waals surface area contributed by atoms with Crippen LogP contribution in [0.15, 0.2) is 18.2 Å². The molecule has 0 saturated heterocycles. The number of ether oxygens (including phenoxy) is 1. The van der Waals surface area contributed by atoms with E-state index in [0.717, 1.165) is 17.7 Å². The minimum absolute atomic E-state index is 0.208. The second-order valence-corrected chi connectivity index (χ2v) is 6.75. The molecule has 3 heteroatoms. The molecular weight excluding hydrogens is 260 g/mol. The van der Waals surface area contributed by atoms with Crippen LogP contribution in [-0.4, -0.2) is 18.3 Å². The first-order chi connectivity index (χ1) is 8.74. The lowest BCUT2D eigenvalue weighted by molar-refractivity contribution is 0.110. The van der Waals surface area contributed by atoms with Crippen LogP contribution >= 0.6 is 11.6 Å². The largest absolute Gasteiger partial charge is 0.496 e. The fraction of sp³-hybridized carbons (Fsp3) is 0.625. The Morgan fingerprint density at radius 1 is 1.32 bits per heavy atom. The zero-order valence-corrected chi connectivity index (χ0v) is 13.3. The third kappa shape index (κ3) is 5.04. The summed E-state index contributed by atoms with van der Waals surface area (Å²) in [5.41, 5.74) is 1.17. The monoisotopic (exact) mass is 284 g/mol. The molecule has 1 rings (SSSR count). The number of aliphatic hydroxyl groups excluding tert-OH is 1. The summed E-state index contributed by atoms with van der Waals surface area (Å²) >= 11 is 6.00. The second kappa shape index (κ2) is 6.62. The Bertz CT molecular complexity index is 410. The molecule has 0 bridgehead atoms. The highest BCUT2D eigenvalue weighted by Crippen LogP contribution is 2.31. The third-order valence-corrected chi connectivity index (χ3v) is 4.04. The molecule has 1 aromatic carbocycles. The van der Waals surface area contributed by atoms with Gasteiger partial charge in [0.15, 0.2) is 0 Å².